The van der Waals surface area contributed by atoms with Crippen molar-refractivity contribution >= 4 is 28.6 Å². The van der Waals surface area contributed by atoms with Crippen molar-refractivity contribution in [2.45, 2.75) is 51.2 Å². The monoisotopic (exact) mass is 537 g/mol. The number of benzene rings is 3. The first-order chi connectivity index (χ1) is 18.7. The van der Waals surface area contributed by atoms with E-state index in [0.717, 1.165) is 34.7 Å². The first-order valence-electron chi connectivity index (χ1n) is 12.9. The predicted octanol–water partition coefficient (Wildman–Crippen LogP) is 7.29. The Morgan fingerprint density at radius 1 is 0.897 bits per heavy atom. The number of hydrogen-bond donors (Lipinski definition) is 2. The summed E-state index contributed by atoms with van der Waals surface area (Å²) in [6.45, 7) is 0.760. The molecule has 0 aliphatic heterocycles. The number of aromatic nitrogens is 2. The van der Waals surface area contributed by atoms with Crippen LogP contribution < -0.4 is 5.32 Å². The second-order valence-corrected chi connectivity index (χ2v) is 9.63. The van der Waals surface area contributed by atoms with E-state index in [1.807, 2.05) is 24.3 Å². The molecule has 0 saturated heterocycles. The fraction of sp³-hybridized carbons (Fsp3) is 0.300. The van der Waals surface area contributed by atoms with Gasteiger partial charge < -0.3 is 15.0 Å². The van der Waals surface area contributed by atoms with Gasteiger partial charge in [0.1, 0.15) is 5.82 Å². The van der Waals surface area contributed by atoms with Gasteiger partial charge in [-0.2, -0.15) is 13.2 Å². The van der Waals surface area contributed by atoms with Gasteiger partial charge in [-0.05, 0) is 60.7 Å². The van der Waals surface area contributed by atoms with Crippen LogP contribution >= 0.6 is 0 Å². The molecule has 1 aliphatic carbocycles. The Labute approximate surface area is 224 Å². The van der Waals surface area contributed by atoms with Gasteiger partial charge in [0.15, 0.2) is 0 Å². The van der Waals surface area contributed by atoms with Crippen LogP contribution in [0.2, 0.25) is 0 Å². The number of carbonyl (C=O) groups excluding carboxylic acids is 1. The maximum absolute atomic E-state index is 12.5. The first kappa shape index (κ1) is 27.9. The molecule has 1 aromatic heterocycles. The SMILES string of the molecule is O=C(CC1CCCCC1)Nc1ccc(-c2nc3ccccc3n2Cc2ccccc2)cc1.O=C(O)C(F)(F)F. The number of amides is 1. The summed E-state index contributed by atoms with van der Waals surface area (Å²) in [5, 5.41) is 10.2. The molecule has 0 unspecified atom stereocenters. The molecule has 0 radical (unpaired) electrons. The molecule has 1 aliphatic rings. The lowest BCUT2D eigenvalue weighted by Crippen LogP contribution is -2.21. The minimum absolute atomic E-state index is 0.126. The van der Waals surface area contributed by atoms with E-state index in [2.05, 4.69) is 64.5 Å². The number of para-hydroxylation sites is 2. The summed E-state index contributed by atoms with van der Waals surface area (Å²) in [5.74, 6) is -1.15. The van der Waals surface area contributed by atoms with E-state index < -0.39 is 12.1 Å². The number of fused-ring (bicyclic) bond motifs is 1. The Morgan fingerprint density at radius 3 is 2.15 bits per heavy atom. The highest BCUT2D eigenvalue weighted by Crippen LogP contribution is 2.29. The van der Waals surface area contributed by atoms with E-state index in [1.54, 1.807) is 0 Å². The van der Waals surface area contributed by atoms with E-state index in [0.29, 0.717) is 12.3 Å². The Hall–Kier alpha value is -4.14. The van der Waals surface area contributed by atoms with E-state index >= 15 is 0 Å². The third-order valence-electron chi connectivity index (χ3n) is 6.71. The van der Waals surface area contributed by atoms with E-state index in [9.17, 15) is 18.0 Å². The second kappa shape index (κ2) is 12.6. The van der Waals surface area contributed by atoms with Gasteiger partial charge in [0.05, 0.1) is 11.0 Å². The van der Waals surface area contributed by atoms with Crippen LogP contribution in [0.4, 0.5) is 18.9 Å². The molecule has 1 fully saturated rings. The molecule has 204 valence electrons. The number of alkyl halides is 3. The Kier molecular flexibility index (Phi) is 9.01. The highest BCUT2D eigenvalue weighted by atomic mass is 19.4. The maximum Gasteiger partial charge on any atom is 0.490 e. The Morgan fingerprint density at radius 2 is 1.51 bits per heavy atom. The van der Waals surface area contributed by atoms with Crippen LogP contribution in [0.15, 0.2) is 78.9 Å². The number of rotatable bonds is 6. The topological polar surface area (TPSA) is 84.2 Å². The average Bonchev–Trinajstić information content (AvgIpc) is 3.28. The molecule has 5 rings (SSSR count). The second-order valence-electron chi connectivity index (χ2n) is 9.63. The van der Waals surface area contributed by atoms with Gasteiger partial charge in [0.25, 0.3) is 0 Å². The number of carbonyl (C=O) groups is 2. The summed E-state index contributed by atoms with van der Waals surface area (Å²) in [5.41, 5.74) is 5.24. The molecule has 0 atom stereocenters. The van der Waals surface area contributed by atoms with Crippen molar-refractivity contribution in [2.75, 3.05) is 5.32 Å². The number of nitrogens with one attached hydrogen (secondary N) is 1. The van der Waals surface area contributed by atoms with Crippen LogP contribution in [0.25, 0.3) is 22.4 Å². The smallest absolute Gasteiger partial charge is 0.475 e. The lowest BCUT2D eigenvalue weighted by Gasteiger charge is -2.20. The molecule has 3 aromatic carbocycles. The number of carboxylic acid groups (broad SMARTS) is 1. The fourth-order valence-corrected chi connectivity index (χ4v) is 4.79. The molecule has 9 heteroatoms. The molecule has 0 bridgehead atoms. The summed E-state index contributed by atoms with van der Waals surface area (Å²) >= 11 is 0. The molecule has 39 heavy (non-hydrogen) atoms. The Balaban J connectivity index is 0.000000448. The van der Waals surface area contributed by atoms with Crippen molar-refractivity contribution in [3.63, 3.8) is 0 Å². The molecule has 4 aromatic rings. The number of carboxylic acids is 1. The summed E-state index contributed by atoms with van der Waals surface area (Å²) < 4.78 is 34.0. The molecular formula is C30H30F3N3O3. The largest absolute Gasteiger partial charge is 0.490 e. The van der Waals surface area contributed by atoms with Gasteiger partial charge in [-0.15, -0.1) is 0 Å². The molecule has 2 N–H and O–H groups in total. The van der Waals surface area contributed by atoms with E-state index in [-0.39, 0.29) is 5.91 Å². The molecular weight excluding hydrogens is 507 g/mol. The molecule has 6 nitrogen and oxygen atoms in total. The highest BCUT2D eigenvalue weighted by molar-refractivity contribution is 5.91. The van der Waals surface area contributed by atoms with Crippen LogP contribution in [-0.4, -0.2) is 32.7 Å². The number of nitrogens with zero attached hydrogens (tertiary/aromatic N) is 2. The summed E-state index contributed by atoms with van der Waals surface area (Å²) in [6.07, 6.45) is 1.75. The zero-order chi connectivity index (χ0) is 27.8. The summed E-state index contributed by atoms with van der Waals surface area (Å²) in [4.78, 5) is 26.3. The maximum atomic E-state index is 12.5. The third-order valence-corrected chi connectivity index (χ3v) is 6.71. The van der Waals surface area contributed by atoms with Crippen LogP contribution in [-0.2, 0) is 16.1 Å². The molecule has 1 heterocycles. The van der Waals surface area contributed by atoms with Crippen LogP contribution in [0.1, 0.15) is 44.1 Å². The normalized spacial score (nSPS) is 13.9. The van der Waals surface area contributed by atoms with Crippen molar-refractivity contribution in [3.8, 4) is 11.4 Å². The van der Waals surface area contributed by atoms with Gasteiger partial charge in [-0.3, -0.25) is 4.79 Å². The quantitative estimate of drug-likeness (QED) is 0.270. The number of halogens is 3. The van der Waals surface area contributed by atoms with Crippen molar-refractivity contribution < 1.29 is 27.9 Å². The predicted molar refractivity (Wildman–Crippen MR) is 144 cm³/mol. The Bertz CT molecular complexity index is 1390. The summed E-state index contributed by atoms with van der Waals surface area (Å²) in [7, 11) is 0. The van der Waals surface area contributed by atoms with Gasteiger partial charge >= 0.3 is 12.1 Å². The van der Waals surface area contributed by atoms with Crippen molar-refractivity contribution in [1.82, 2.24) is 9.55 Å². The third kappa shape index (κ3) is 7.69. The van der Waals surface area contributed by atoms with Crippen molar-refractivity contribution in [3.05, 3.63) is 84.4 Å². The lowest BCUT2D eigenvalue weighted by atomic mass is 9.87. The first-order valence-corrected chi connectivity index (χ1v) is 12.9. The molecule has 0 spiro atoms. The highest BCUT2D eigenvalue weighted by Gasteiger charge is 2.38. The van der Waals surface area contributed by atoms with Crippen molar-refractivity contribution in [1.29, 1.82) is 0 Å². The van der Waals surface area contributed by atoms with Gasteiger partial charge in [-0.1, -0.05) is 61.7 Å². The molecule has 1 amide bonds. The number of imidazole rings is 1. The van der Waals surface area contributed by atoms with E-state index in [4.69, 9.17) is 14.9 Å². The van der Waals surface area contributed by atoms with Gasteiger partial charge in [0.2, 0.25) is 5.91 Å². The van der Waals surface area contributed by atoms with Gasteiger partial charge in [0, 0.05) is 24.2 Å². The van der Waals surface area contributed by atoms with E-state index in [1.165, 1.54) is 37.7 Å². The number of hydrogen-bond acceptors (Lipinski definition) is 3. The van der Waals surface area contributed by atoms with Crippen LogP contribution in [0.3, 0.4) is 0 Å². The zero-order valence-corrected chi connectivity index (χ0v) is 21.3. The minimum Gasteiger partial charge on any atom is -0.475 e. The minimum atomic E-state index is -5.08. The molecule has 1 saturated carbocycles. The standard InChI is InChI=1S/C28H29N3O.C2HF3O2/c32-27(19-21-9-3-1-4-10-21)29-24-17-15-23(16-18-24)28-30-25-13-7-8-14-26(25)31(28)20-22-11-5-2-6-12-22;3-2(4,5)1(6)7/h2,5-8,11-18,21H,1,3-4,9-10,19-20H2,(H,29,32);(H,6,7). The van der Waals surface area contributed by atoms with Gasteiger partial charge in [-0.25, -0.2) is 9.78 Å². The van der Waals surface area contributed by atoms with Crippen LogP contribution in [0, 0.1) is 5.92 Å². The fourth-order valence-electron chi connectivity index (χ4n) is 4.79. The summed E-state index contributed by atoms with van der Waals surface area (Å²) in [6, 6.07) is 26.8. The number of aliphatic carboxylic acids is 1. The van der Waals surface area contributed by atoms with Crippen molar-refractivity contribution in [2.24, 2.45) is 5.92 Å². The average molecular weight is 538 g/mol. The lowest BCUT2D eigenvalue weighted by molar-refractivity contribution is -0.192. The number of anilines is 1. The van der Waals surface area contributed by atoms with Crippen LogP contribution in [0.5, 0.6) is 0 Å². The zero-order valence-electron chi connectivity index (χ0n) is 21.3.